The maximum absolute atomic E-state index is 11.9. The SMILES string of the molecule is C=Nc1nc(C(=O)O)nc(N[C@H](C)C2CCC2)c1N(CC1CCCCC1)CN1CCC2CCCCC2C1. The summed E-state index contributed by atoms with van der Waals surface area (Å²) in [7, 11) is 0. The van der Waals surface area contributed by atoms with Crippen LogP contribution in [0, 0.1) is 23.7 Å². The third kappa shape index (κ3) is 6.27. The van der Waals surface area contributed by atoms with E-state index in [0.29, 0.717) is 23.5 Å². The van der Waals surface area contributed by atoms with Crippen molar-refractivity contribution in [2.75, 3.05) is 36.5 Å². The molecule has 2 unspecified atom stereocenters. The average molecular weight is 511 g/mol. The molecule has 2 N–H and O–H groups in total. The van der Waals surface area contributed by atoms with Crippen molar-refractivity contribution in [2.24, 2.45) is 28.7 Å². The second-order valence-corrected chi connectivity index (χ2v) is 12.2. The molecule has 1 aliphatic heterocycles. The van der Waals surface area contributed by atoms with E-state index in [2.05, 4.69) is 43.7 Å². The maximum Gasteiger partial charge on any atom is 0.374 e. The van der Waals surface area contributed by atoms with E-state index in [9.17, 15) is 9.90 Å². The number of piperidine rings is 1. The van der Waals surface area contributed by atoms with Crippen molar-refractivity contribution in [3.63, 3.8) is 0 Å². The molecule has 4 fully saturated rings. The van der Waals surface area contributed by atoms with E-state index in [1.165, 1.54) is 83.5 Å². The van der Waals surface area contributed by atoms with Gasteiger partial charge in [-0.15, -0.1) is 0 Å². The van der Waals surface area contributed by atoms with Crippen LogP contribution in [0.3, 0.4) is 0 Å². The molecular formula is C29H46N6O2. The minimum Gasteiger partial charge on any atom is -0.475 e. The first kappa shape index (κ1) is 26.4. The molecule has 4 aliphatic rings. The van der Waals surface area contributed by atoms with Crippen LogP contribution in [0.4, 0.5) is 17.3 Å². The Hall–Kier alpha value is -2.22. The summed E-state index contributed by atoms with van der Waals surface area (Å²) in [6.45, 7) is 10.0. The quantitative estimate of drug-likeness (QED) is 0.375. The zero-order valence-electron chi connectivity index (χ0n) is 22.7. The number of hydrogen-bond donors (Lipinski definition) is 2. The van der Waals surface area contributed by atoms with Crippen LogP contribution in [-0.2, 0) is 0 Å². The fourth-order valence-corrected chi connectivity index (χ4v) is 7.26. The molecule has 1 aromatic rings. The highest BCUT2D eigenvalue weighted by Gasteiger charge is 2.34. The number of nitrogens with one attached hydrogen (secondary N) is 1. The maximum atomic E-state index is 11.9. The Morgan fingerprint density at radius 1 is 1.05 bits per heavy atom. The van der Waals surface area contributed by atoms with Crippen molar-refractivity contribution < 1.29 is 9.90 Å². The third-order valence-electron chi connectivity index (χ3n) is 9.69. The van der Waals surface area contributed by atoms with Gasteiger partial charge in [0.05, 0.1) is 6.67 Å². The molecule has 37 heavy (non-hydrogen) atoms. The number of carbonyl (C=O) groups is 1. The largest absolute Gasteiger partial charge is 0.475 e. The highest BCUT2D eigenvalue weighted by Crippen LogP contribution is 2.40. The molecule has 3 aliphatic carbocycles. The van der Waals surface area contributed by atoms with Crippen molar-refractivity contribution in [3.05, 3.63) is 5.82 Å². The van der Waals surface area contributed by atoms with E-state index in [1.807, 2.05) is 0 Å². The molecular weight excluding hydrogens is 464 g/mol. The number of hydrogen-bond acceptors (Lipinski definition) is 7. The average Bonchev–Trinajstić information content (AvgIpc) is 2.87. The van der Waals surface area contributed by atoms with Crippen LogP contribution >= 0.6 is 0 Å². The Balaban J connectivity index is 1.46. The molecule has 0 radical (unpaired) electrons. The van der Waals surface area contributed by atoms with Gasteiger partial charge in [-0.25, -0.2) is 19.8 Å². The normalized spacial score (nSPS) is 26.1. The Morgan fingerprint density at radius 3 is 2.46 bits per heavy atom. The number of likely N-dealkylation sites (tertiary alicyclic amines) is 1. The zero-order valence-corrected chi connectivity index (χ0v) is 22.7. The summed E-state index contributed by atoms with van der Waals surface area (Å²) < 4.78 is 0. The molecule has 8 heteroatoms. The highest BCUT2D eigenvalue weighted by atomic mass is 16.4. The molecule has 1 saturated heterocycles. The second-order valence-electron chi connectivity index (χ2n) is 12.2. The van der Waals surface area contributed by atoms with Gasteiger partial charge in [0.2, 0.25) is 5.82 Å². The van der Waals surface area contributed by atoms with E-state index < -0.39 is 5.97 Å². The van der Waals surface area contributed by atoms with Crippen molar-refractivity contribution in [1.29, 1.82) is 0 Å². The summed E-state index contributed by atoms with van der Waals surface area (Å²) in [6.07, 6.45) is 16.8. The Labute approximate surface area is 222 Å². The number of aromatic nitrogens is 2. The molecule has 0 spiro atoms. The van der Waals surface area contributed by atoms with Gasteiger partial charge in [0.15, 0.2) is 11.6 Å². The van der Waals surface area contributed by atoms with Gasteiger partial charge in [-0.1, -0.05) is 44.9 Å². The van der Waals surface area contributed by atoms with E-state index in [1.54, 1.807) is 0 Å². The minimum absolute atomic E-state index is 0.213. The number of rotatable bonds is 10. The van der Waals surface area contributed by atoms with Gasteiger partial charge in [-0.05, 0) is 75.8 Å². The molecule has 3 atom stereocenters. The number of carboxylic acids is 1. The van der Waals surface area contributed by atoms with Crippen LogP contribution in [0.2, 0.25) is 0 Å². The summed E-state index contributed by atoms with van der Waals surface area (Å²) in [5.74, 6) is 2.56. The van der Waals surface area contributed by atoms with Crippen molar-refractivity contribution in [3.8, 4) is 0 Å². The van der Waals surface area contributed by atoms with Gasteiger partial charge >= 0.3 is 5.97 Å². The van der Waals surface area contributed by atoms with Crippen molar-refractivity contribution in [1.82, 2.24) is 14.9 Å². The summed E-state index contributed by atoms with van der Waals surface area (Å²) in [4.78, 5) is 30.2. The van der Waals surface area contributed by atoms with Crippen LogP contribution in [-0.4, -0.2) is 65.0 Å². The summed E-state index contributed by atoms with van der Waals surface area (Å²) in [5, 5.41) is 13.4. The Kier molecular flexibility index (Phi) is 8.63. The van der Waals surface area contributed by atoms with E-state index in [4.69, 9.17) is 0 Å². The predicted molar refractivity (Wildman–Crippen MR) is 149 cm³/mol. The van der Waals surface area contributed by atoms with Crippen LogP contribution in [0.1, 0.15) is 101 Å². The highest BCUT2D eigenvalue weighted by molar-refractivity contribution is 5.87. The van der Waals surface area contributed by atoms with Gasteiger partial charge in [0, 0.05) is 25.7 Å². The van der Waals surface area contributed by atoms with Crippen LogP contribution < -0.4 is 10.2 Å². The lowest BCUT2D eigenvalue weighted by molar-refractivity contribution is 0.0683. The van der Waals surface area contributed by atoms with E-state index >= 15 is 0 Å². The lowest BCUT2D eigenvalue weighted by atomic mass is 9.75. The van der Waals surface area contributed by atoms with Crippen molar-refractivity contribution in [2.45, 2.75) is 96.4 Å². The third-order valence-corrected chi connectivity index (χ3v) is 9.69. The monoisotopic (exact) mass is 510 g/mol. The summed E-state index contributed by atoms with van der Waals surface area (Å²) in [5.41, 5.74) is 0.836. The lowest BCUT2D eigenvalue weighted by Gasteiger charge is -2.44. The topological polar surface area (TPSA) is 93.9 Å². The molecule has 204 valence electrons. The molecule has 5 rings (SSSR count). The smallest absolute Gasteiger partial charge is 0.374 e. The molecule has 2 heterocycles. The first-order valence-corrected chi connectivity index (χ1v) is 14.9. The van der Waals surface area contributed by atoms with Gasteiger partial charge in [0.1, 0.15) is 5.69 Å². The molecule has 8 nitrogen and oxygen atoms in total. The van der Waals surface area contributed by atoms with Gasteiger partial charge in [-0.2, -0.15) is 0 Å². The zero-order chi connectivity index (χ0) is 25.8. The van der Waals surface area contributed by atoms with E-state index in [0.717, 1.165) is 43.8 Å². The lowest BCUT2D eigenvalue weighted by Crippen LogP contribution is -2.48. The second kappa shape index (κ2) is 12.1. The standard InChI is InChI=1S/C29H46N6O2/c1-20(22-13-8-14-22)31-27-25(26(30-2)32-28(33-27)29(36)37)35(17-21-9-4-3-5-10-21)19-34-16-15-23-11-6-7-12-24(23)18-34/h20-24H,2-19H2,1H3,(H,36,37)(H,31,32,33)/t20-,23?,24?/m1/s1. The van der Waals surface area contributed by atoms with Gasteiger partial charge in [-0.3, -0.25) is 4.90 Å². The Bertz CT molecular complexity index is 945. The number of carboxylic acid groups (broad SMARTS) is 1. The molecule has 0 bridgehead atoms. The molecule has 0 aromatic carbocycles. The van der Waals surface area contributed by atoms with Gasteiger partial charge in [0.25, 0.3) is 0 Å². The number of anilines is 2. The number of aromatic carboxylic acids is 1. The van der Waals surface area contributed by atoms with E-state index in [-0.39, 0.29) is 11.9 Å². The first-order valence-electron chi connectivity index (χ1n) is 14.9. The van der Waals surface area contributed by atoms with Gasteiger partial charge < -0.3 is 15.3 Å². The molecule has 0 amide bonds. The van der Waals surface area contributed by atoms with Crippen molar-refractivity contribution >= 4 is 30.0 Å². The number of aliphatic imine (C=N–C) groups is 1. The summed E-state index contributed by atoms with van der Waals surface area (Å²) >= 11 is 0. The fraction of sp³-hybridized carbons (Fsp3) is 0.793. The number of nitrogens with zero attached hydrogens (tertiary/aromatic N) is 5. The molecule has 3 saturated carbocycles. The Morgan fingerprint density at radius 2 is 1.78 bits per heavy atom. The van der Waals surface area contributed by atoms with Crippen LogP contribution in [0.5, 0.6) is 0 Å². The van der Waals surface area contributed by atoms with Crippen LogP contribution in [0.25, 0.3) is 0 Å². The number of fused-ring (bicyclic) bond motifs is 1. The first-order chi connectivity index (χ1) is 18.0. The molecule has 1 aromatic heterocycles. The minimum atomic E-state index is -1.13. The fourth-order valence-electron chi connectivity index (χ4n) is 7.26. The predicted octanol–water partition coefficient (Wildman–Crippen LogP) is 5.96. The van der Waals surface area contributed by atoms with Crippen LogP contribution in [0.15, 0.2) is 4.99 Å². The summed E-state index contributed by atoms with van der Waals surface area (Å²) in [6, 6.07) is 0.219.